The van der Waals surface area contributed by atoms with Gasteiger partial charge in [0, 0.05) is 51.4 Å². The highest BCUT2D eigenvalue weighted by Crippen LogP contribution is 2.28. The minimum atomic E-state index is 0.529. The number of benzene rings is 1. The summed E-state index contributed by atoms with van der Waals surface area (Å²) in [6, 6.07) is 12.6. The number of imidazole rings is 1. The molecule has 1 saturated heterocycles. The van der Waals surface area contributed by atoms with E-state index in [1.165, 1.54) is 11.1 Å². The van der Waals surface area contributed by atoms with Gasteiger partial charge in [-0.25, -0.2) is 4.98 Å². The molecule has 0 saturated carbocycles. The number of hydrogen-bond acceptors (Lipinski definition) is 3. The van der Waals surface area contributed by atoms with Crippen LogP contribution >= 0.6 is 0 Å². The van der Waals surface area contributed by atoms with Gasteiger partial charge in [-0.05, 0) is 42.7 Å². The molecule has 1 fully saturated rings. The van der Waals surface area contributed by atoms with Crippen LogP contribution in [-0.2, 0) is 6.42 Å². The summed E-state index contributed by atoms with van der Waals surface area (Å²) in [6.45, 7) is 4.92. The maximum atomic E-state index is 5.27. The predicted molar refractivity (Wildman–Crippen MR) is 117 cm³/mol. The minimum absolute atomic E-state index is 0.529. The van der Waals surface area contributed by atoms with E-state index in [9.17, 15) is 0 Å². The molecule has 4 rings (SSSR count). The zero-order valence-corrected chi connectivity index (χ0v) is 17.4. The molecule has 6 heteroatoms. The summed E-state index contributed by atoms with van der Waals surface area (Å²) in [5.74, 6) is 2.41. The molecule has 0 radical (unpaired) electrons. The van der Waals surface area contributed by atoms with Crippen molar-refractivity contribution in [2.24, 2.45) is 4.99 Å². The lowest BCUT2D eigenvalue weighted by molar-refractivity contribution is 0.414. The molecule has 3 aromatic rings. The molecule has 1 aliphatic rings. The fourth-order valence-corrected chi connectivity index (χ4v) is 4.06. The van der Waals surface area contributed by atoms with Crippen LogP contribution in [0.2, 0.25) is 0 Å². The molecule has 1 aromatic carbocycles. The van der Waals surface area contributed by atoms with Crippen molar-refractivity contribution in [1.29, 1.82) is 0 Å². The second kappa shape index (κ2) is 8.55. The van der Waals surface area contributed by atoms with Gasteiger partial charge in [-0.15, -0.1) is 0 Å². The van der Waals surface area contributed by atoms with Crippen LogP contribution in [0.3, 0.4) is 0 Å². The average Bonchev–Trinajstić information content (AvgIpc) is 3.39. The van der Waals surface area contributed by atoms with Gasteiger partial charge in [0.25, 0.3) is 0 Å². The second-order valence-electron chi connectivity index (χ2n) is 7.58. The van der Waals surface area contributed by atoms with Crippen molar-refractivity contribution in [2.45, 2.75) is 25.7 Å². The first-order valence-electron chi connectivity index (χ1n) is 10.2. The van der Waals surface area contributed by atoms with E-state index < -0.39 is 0 Å². The molecular weight excluding hydrogens is 362 g/mol. The van der Waals surface area contributed by atoms with E-state index in [0.29, 0.717) is 5.92 Å². The second-order valence-corrected chi connectivity index (χ2v) is 7.58. The van der Waals surface area contributed by atoms with Crippen molar-refractivity contribution in [2.75, 3.05) is 33.8 Å². The molecule has 0 aliphatic carbocycles. The predicted octanol–water partition coefficient (Wildman–Crippen LogP) is 3.26. The summed E-state index contributed by atoms with van der Waals surface area (Å²) < 4.78 is 7.37. The van der Waals surface area contributed by atoms with Crippen molar-refractivity contribution in [3.05, 3.63) is 65.6 Å². The van der Waals surface area contributed by atoms with E-state index in [4.69, 9.17) is 9.72 Å². The quantitative estimate of drug-likeness (QED) is 0.536. The van der Waals surface area contributed by atoms with Crippen LogP contribution < -0.4 is 10.1 Å². The SMILES string of the molecule is CN=C(NCCc1cn2cccc(C)c2n1)N1CCC(c2ccc(OC)cc2)C1. The number of fused-ring (bicyclic) bond motifs is 1. The Balaban J connectivity index is 1.32. The van der Waals surface area contributed by atoms with Gasteiger partial charge in [-0.2, -0.15) is 0 Å². The number of nitrogens with one attached hydrogen (secondary N) is 1. The summed E-state index contributed by atoms with van der Waals surface area (Å²) in [4.78, 5) is 11.6. The average molecular weight is 392 g/mol. The highest BCUT2D eigenvalue weighted by molar-refractivity contribution is 5.80. The van der Waals surface area contributed by atoms with Gasteiger partial charge >= 0.3 is 0 Å². The molecule has 1 unspecified atom stereocenters. The lowest BCUT2D eigenvalue weighted by Crippen LogP contribution is -2.40. The Labute approximate surface area is 172 Å². The molecule has 2 aromatic heterocycles. The highest BCUT2D eigenvalue weighted by atomic mass is 16.5. The lowest BCUT2D eigenvalue weighted by Gasteiger charge is -2.21. The largest absolute Gasteiger partial charge is 0.497 e. The monoisotopic (exact) mass is 391 g/mol. The maximum Gasteiger partial charge on any atom is 0.193 e. The van der Waals surface area contributed by atoms with E-state index in [-0.39, 0.29) is 0 Å². The summed E-state index contributed by atoms with van der Waals surface area (Å²) in [7, 11) is 3.56. The van der Waals surface area contributed by atoms with Gasteiger partial charge in [0.15, 0.2) is 5.96 Å². The van der Waals surface area contributed by atoms with E-state index in [2.05, 4.69) is 63.2 Å². The van der Waals surface area contributed by atoms with Crippen LogP contribution in [0.25, 0.3) is 5.65 Å². The molecule has 0 bridgehead atoms. The van der Waals surface area contributed by atoms with Crippen LogP contribution in [0.1, 0.15) is 29.2 Å². The van der Waals surface area contributed by atoms with Gasteiger partial charge in [0.05, 0.1) is 12.8 Å². The Hall–Kier alpha value is -3.02. The zero-order chi connectivity index (χ0) is 20.2. The Morgan fingerprint density at radius 2 is 2.10 bits per heavy atom. The third kappa shape index (κ3) is 4.21. The summed E-state index contributed by atoms with van der Waals surface area (Å²) in [6.07, 6.45) is 6.17. The first kappa shape index (κ1) is 19.3. The van der Waals surface area contributed by atoms with Crippen molar-refractivity contribution in [3.63, 3.8) is 0 Å². The Bertz CT molecular complexity index is 992. The van der Waals surface area contributed by atoms with Crippen LogP contribution in [0.15, 0.2) is 53.8 Å². The van der Waals surface area contributed by atoms with Gasteiger partial charge in [0.2, 0.25) is 0 Å². The van der Waals surface area contributed by atoms with Crippen LogP contribution in [0.5, 0.6) is 5.75 Å². The van der Waals surface area contributed by atoms with Gasteiger partial charge in [-0.1, -0.05) is 18.2 Å². The first-order valence-corrected chi connectivity index (χ1v) is 10.2. The lowest BCUT2D eigenvalue weighted by atomic mass is 9.98. The van der Waals surface area contributed by atoms with Gasteiger partial charge < -0.3 is 19.4 Å². The van der Waals surface area contributed by atoms with E-state index in [1.807, 2.05) is 19.2 Å². The van der Waals surface area contributed by atoms with Crippen molar-refractivity contribution in [1.82, 2.24) is 19.6 Å². The molecule has 1 aliphatic heterocycles. The third-order valence-electron chi connectivity index (χ3n) is 5.68. The highest BCUT2D eigenvalue weighted by Gasteiger charge is 2.26. The number of rotatable bonds is 5. The molecule has 1 atom stereocenters. The smallest absolute Gasteiger partial charge is 0.193 e. The van der Waals surface area contributed by atoms with Crippen molar-refractivity contribution >= 4 is 11.6 Å². The molecule has 1 N–H and O–H groups in total. The molecule has 29 heavy (non-hydrogen) atoms. The van der Waals surface area contributed by atoms with Gasteiger partial charge in [0.1, 0.15) is 11.4 Å². The number of nitrogens with zero attached hydrogens (tertiary/aromatic N) is 4. The summed E-state index contributed by atoms with van der Waals surface area (Å²) >= 11 is 0. The van der Waals surface area contributed by atoms with Crippen molar-refractivity contribution in [3.8, 4) is 5.75 Å². The van der Waals surface area contributed by atoms with Crippen molar-refractivity contribution < 1.29 is 4.74 Å². The Kier molecular flexibility index (Phi) is 5.69. The standard InChI is InChI=1S/C23H29N5O/c1-17-5-4-13-27-16-20(26-22(17)27)10-12-25-23(24-2)28-14-11-19(15-28)18-6-8-21(29-3)9-7-18/h4-9,13,16,19H,10-12,14-15H2,1-3H3,(H,24,25). The van der Waals surface area contributed by atoms with Gasteiger partial charge in [-0.3, -0.25) is 4.99 Å². The van der Waals surface area contributed by atoms with Crippen LogP contribution in [0, 0.1) is 6.92 Å². The molecule has 152 valence electrons. The third-order valence-corrected chi connectivity index (χ3v) is 5.68. The maximum absolute atomic E-state index is 5.27. The van der Waals surface area contributed by atoms with E-state index in [1.54, 1.807) is 7.11 Å². The number of aromatic nitrogens is 2. The summed E-state index contributed by atoms with van der Waals surface area (Å²) in [5.41, 5.74) is 4.70. The molecule has 6 nitrogen and oxygen atoms in total. The number of hydrogen-bond donors (Lipinski definition) is 1. The molecular formula is C23H29N5O. The number of methoxy groups -OCH3 is 1. The zero-order valence-electron chi connectivity index (χ0n) is 17.4. The molecule has 0 amide bonds. The number of guanidine groups is 1. The number of pyridine rings is 1. The fourth-order valence-electron chi connectivity index (χ4n) is 4.06. The van der Waals surface area contributed by atoms with Crippen LogP contribution in [0.4, 0.5) is 0 Å². The molecule has 3 heterocycles. The summed E-state index contributed by atoms with van der Waals surface area (Å²) in [5, 5.41) is 3.52. The Morgan fingerprint density at radius 3 is 2.83 bits per heavy atom. The number of likely N-dealkylation sites (tertiary alicyclic amines) is 1. The fraction of sp³-hybridized carbons (Fsp3) is 0.391. The topological polar surface area (TPSA) is 54.2 Å². The minimum Gasteiger partial charge on any atom is -0.497 e. The number of ether oxygens (including phenoxy) is 1. The van der Waals surface area contributed by atoms with E-state index >= 15 is 0 Å². The first-order chi connectivity index (χ1) is 14.2. The normalized spacial score (nSPS) is 17.1. The molecule has 0 spiro atoms. The van der Waals surface area contributed by atoms with E-state index in [0.717, 1.165) is 55.5 Å². The number of aryl methyl sites for hydroxylation is 1. The van der Waals surface area contributed by atoms with Crippen LogP contribution in [-0.4, -0.2) is 54.0 Å². The number of aliphatic imine (C=N–C) groups is 1. The Morgan fingerprint density at radius 1 is 1.28 bits per heavy atom.